The van der Waals surface area contributed by atoms with Crippen molar-refractivity contribution in [1.29, 1.82) is 0 Å². The fourth-order valence-corrected chi connectivity index (χ4v) is 2.27. The zero-order chi connectivity index (χ0) is 15.0. The lowest BCUT2D eigenvalue weighted by molar-refractivity contribution is 0.102. The minimum absolute atomic E-state index is 0.273. The third-order valence-electron chi connectivity index (χ3n) is 3.32. The zero-order valence-electron chi connectivity index (χ0n) is 10.8. The summed E-state index contributed by atoms with van der Waals surface area (Å²) in [4.78, 5) is 11.9. The largest absolute Gasteiger partial charge is 0.384 e. The number of fused-ring (bicyclic) bond motifs is 1. The summed E-state index contributed by atoms with van der Waals surface area (Å²) < 4.78 is 39.1. The van der Waals surface area contributed by atoms with Gasteiger partial charge in [-0.3, -0.25) is 4.79 Å². The van der Waals surface area contributed by atoms with Gasteiger partial charge in [-0.2, -0.15) is 0 Å². The number of benzene rings is 2. The Labute approximate surface area is 118 Å². The van der Waals surface area contributed by atoms with Crippen LogP contribution in [0.5, 0.6) is 0 Å². The summed E-state index contributed by atoms with van der Waals surface area (Å²) in [6, 6.07) is 6.64. The maximum Gasteiger partial charge on any atom is 0.255 e. The Morgan fingerprint density at radius 1 is 1.10 bits per heavy atom. The van der Waals surface area contributed by atoms with Crippen molar-refractivity contribution in [2.45, 2.75) is 6.42 Å². The molecule has 0 atom stereocenters. The molecule has 0 aromatic heterocycles. The lowest BCUT2D eigenvalue weighted by Crippen LogP contribution is -2.13. The van der Waals surface area contributed by atoms with Gasteiger partial charge in [-0.15, -0.1) is 0 Å². The Kier molecular flexibility index (Phi) is 3.29. The molecule has 0 unspecified atom stereocenters. The Balaban J connectivity index is 1.83. The molecule has 2 aromatic rings. The molecule has 6 heteroatoms. The van der Waals surface area contributed by atoms with Gasteiger partial charge in [0, 0.05) is 23.5 Å². The summed E-state index contributed by atoms with van der Waals surface area (Å²) in [6.45, 7) is 0.834. The average Bonchev–Trinajstić information content (AvgIpc) is 2.91. The van der Waals surface area contributed by atoms with Gasteiger partial charge in [0.15, 0.2) is 17.5 Å². The third kappa shape index (κ3) is 2.56. The second-order valence-corrected chi connectivity index (χ2v) is 4.76. The molecule has 3 rings (SSSR count). The van der Waals surface area contributed by atoms with Gasteiger partial charge in [0.1, 0.15) is 0 Å². The number of halogens is 3. The molecule has 0 aliphatic carbocycles. The molecule has 21 heavy (non-hydrogen) atoms. The average molecular weight is 292 g/mol. The van der Waals surface area contributed by atoms with Crippen LogP contribution in [-0.2, 0) is 6.42 Å². The molecule has 1 heterocycles. The number of carbonyl (C=O) groups excluding carboxylic acids is 1. The molecule has 0 radical (unpaired) electrons. The monoisotopic (exact) mass is 292 g/mol. The Morgan fingerprint density at radius 3 is 2.52 bits per heavy atom. The van der Waals surface area contributed by atoms with E-state index in [0.717, 1.165) is 24.2 Å². The van der Waals surface area contributed by atoms with E-state index < -0.39 is 23.4 Å². The number of hydrogen-bond acceptors (Lipinski definition) is 2. The normalized spacial score (nSPS) is 12.7. The highest BCUT2D eigenvalue weighted by Gasteiger charge is 2.16. The van der Waals surface area contributed by atoms with Crippen LogP contribution < -0.4 is 10.6 Å². The van der Waals surface area contributed by atoms with Crippen molar-refractivity contribution >= 4 is 17.3 Å². The number of carbonyl (C=O) groups is 1. The van der Waals surface area contributed by atoms with E-state index >= 15 is 0 Å². The molecular formula is C15H11F3N2O. The lowest BCUT2D eigenvalue weighted by Gasteiger charge is -2.08. The predicted octanol–water partition coefficient (Wildman–Crippen LogP) is 3.32. The molecule has 1 aliphatic rings. The summed E-state index contributed by atoms with van der Waals surface area (Å²) in [5, 5.41) is 5.72. The van der Waals surface area contributed by atoms with Gasteiger partial charge in [0.2, 0.25) is 0 Å². The number of hydrogen-bond donors (Lipinski definition) is 2. The van der Waals surface area contributed by atoms with Crippen molar-refractivity contribution in [3.63, 3.8) is 0 Å². The van der Waals surface area contributed by atoms with Gasteiger partial charge in [-0.05, 0) is 42.3 Å². The Hall–Kier alpha value is -2.50. The van der Waals surface area contributed by atoms with E-state index in [0.29, 0.717) is 17.8 Å². The van der Waals surface area contributed by atoms with E-state index in [1.807, 2.05) is 6.07 Å². The predicted molar refractivity (Wildman–Crippen MR) is 72.9 cm³/mol. The summed E-state index contributed by atoms with van der Waals surface area (Å²) in [5.41, 5.74) is 2.31. The second-order valence-electron chi connectivity index (χ2n) is 4.76. The first-order valence-electron chi connectivity index (χ1n) is 6.37. The van der Waals surface area contributed by atoms with Crippen molar-refractivity contribution < 1.29 is 18.0 Å². The maximum atomic E-state index is 13.1. The van der Waals surface area contributed by atoms with Gasteiger partial charge >= 0.3 is 0 Å². The molecule has 2 aromatic carbocycles. The Morgan fingerprint density at radius 2 is 1.81 bits per heavy atom. The van der Waals surface area contributed by atoms with E-state index in [2.05, 4.69) is 10.6 Å². The first-order valence-corrected chi connectivity index (χ1v) is 6.37. The molecule has 108 valence electrons. The van der Waals surface area contributed by atoms with Crippen LogP contribution in [0.15, 0.2) is 30.3 Å². The van der Waals surface area contributed by atoms with Crippen LogP contribution in [0.2, 0.25) is 0 Å². The highest BCUT2D eigenvalue weighted by molar-refractivity contribution is 6.04. The van der Waals surface area contributed by atoms with Crippen molar-refractivity contribution in [2.75, 3.05) is 17.2 Å². The highest BCUT2D eigenvalue weighted by Crippen LogP contribution is 2.25. The van der Waals surface area contributed by atoms with Gasteiger partial charge < -0.3 is 10.6 Å². The van der Waals surface area contributed by atoms with Crippen LogP contribution in [0.3, 0.4) is 0 Å². The molecular weight excluding hydrogens is 281 g/mol. The molecule has 0 saturated carbocycles. The first-order chi connectivity index (χ1) is 10.0. The van der Waals surface area contributed by atoms with Crippen molar-refractivity contribution in [1.82, 2.24) is 0 Å². The van der Waals surface area contributed by atoms with E-state index in [-0.39, 0.29) is 5.56 Å². The van der Waals surface area contributed by atoms with Crippen LogP contribution in [-0.4, -0.2) is 12.5 Å². The van der Waals surface area contributed by atoms with E-state index in [1.54, 1.807) is 12.1 Å². The van der Waals surface area contributed by atoms with E-state index in [9.17, 15) is 18.0 Å². The van der Waals surface area contributed by atoms with Crippen LogP contribution >= 0.6 is 0 Å². The van der Waals surface area contributed by atoms with Gasteiger partial charge in [-0.1, -0.05) is 0 Å². The van der Waals surface area contributed by atoms with Gasteiger partial charge in [0.05, 0.1) is 0 Å². The van der Waals surface area contributed by atoms with E-state index in [1.165, 1.54) is 0 Å². The summed E-state index contributed by atoms with van der Waals surface area (Å²) >= 11 is 0. The number of anilines is 2. The third-order valence-corrected chi connectivity index (χ3v) is 3.32. The highest BCUT2D eigenvalue weighted by atomic mass is 19.2. The van der Waals surface area contributed by atoms with Crippen LogP contribution in [0.4, 0.5) is 24.5 Å². The van der Waals surface area contributed by atoms with Crippen molar-refractivity contribution in [3.05, 3.63) is 58.9 Å². The molecule has 0 spiro atoms. The minimum Gasteiger partial charge on any atom is -0.384 e. The fraction of sp³-hybridized carbons (Fsp3) is 0.133. The first kappa shape index (κ1) is 13.5. The zero-order valence-corrected chi connectivity index (χ0v) is 10.8. The second kappa shape index (κ2) is 5.12. The van der Waals surface area contributed by atoms with Crippen molar-refractivity contribution in [2.24, 2.45) is 0 Å². The van der Waals surface area contributed by atoms with Crippen LogP contribution in [0, 0.1) is 17.5 Å². The number of nitrogens with one attached hydrogen (secondary N) is 2. The fourth-order valence-electron chi connectivity index (χ4n) is 2.27. The molecule has 1 amide bonds. The smallest absolute Gasteiger partial charge is 0.255 e. The summed E-state index contributed by atoms with van der Waals surface area (Å²) in [7, 11) is 0. The Bertz CT molecular complexity index is 708. The molecule has 3 nitrogen and oxygen atoms in total. The summed E-state index contributed by atoms with van der Waals surface area (Å²) in [6.07, 6.45) is 0.846. The number of amides is 1. The SMILES string of the molecule is O=C(Nc1ccc2c(c1)CCN2)c1cc(F)c(F)c(F)c1. The summed E-state index contributed by atoms with van der Waals surface area (Å²) in [5.74, 6) is -5.06. The van der Waals surface area contributed by atoms with E-state index in [4.69, 9.17) is 0 Å². The molecule has 1 aliphatic heterocycles. The number of rotatable bonds is 2. The quantitative estimate of drug-likeness (QED) is 0.834. The standard InChI is InChI=1S/C15H11F3N2O/c16-11-6-9(7-12(17)14(11)18)15(21)20-10-1-2-13-8(5-10)3-4-19-13/h1-2,5-7,19H,3-4H2,(H,20,21). The maximum absolute atomic E-state index is 13.1. The molecule has 2 N–H and O–H groups in total. The lowest BCUT2D eigenvalue weighted by atomic mass is 10.1. The van der Waals surface area contributed by atoms with Gasteiger partial charge in [0.25, 0.3) is 5.91 Å². The molecule has 0 fully saturated rings. The molecule has 0 bridgehead atoms. The molecule has 0 saturated heterocycles. The van der Waals surface area contributed by atoms with Gasteiger partial charge in [-0.25, -0.2) is 13.2 Å². The van der Waals surface area contributed by atoms with Crippen molar-refractivity contribution in [3.8, 4) is 0 Å². The van der Waals surface area contributed by atoms with Crippen LogP contribution in [0.1, 0.15) is 15.9 Å². The minimum atomic E-state index is -1.59. The topological polar surface area (TPSA) is 41.1 Å². The van der Waals surface area contributed by atoms with Crippen LogP contribution in [0.25, 0.3) is 0 Å².